The maximum absolute atomic E-state index is 8.93. The third-order valence-corrected chi connectivity index (χ3v) is 4.23. The number of oxime groups is 1. The van der Waals surface area contributed by atoms with Crippen LogP contribution in [0, 0.1) is 11.3 Å². The molecule has 1 saturated heterocycles. The molecule has 0 aromatic carbocycles. The van der Waals surface area contributed by atoms with Gasteiger partial charge >= 0.3 is 0 Å². The van der Waals surface area contributed by atoms with E-state index in [1.54, 1.807) is 0 Å². The minimum absolute atomic E-state index is 0.223. The Morgan fingerprint density at radius 3 is 2.79 bits per heavy atom. The number of aliphatic hydroxyl groups is 1. The molecule has 19 heavy (non-hydrogen) atoms. The second kappa shape index (κ2) is 7.70. The third-order valence-electron chi connectivity index (χ3n) is 4.23. The molecule has 0 aromatic heterocycles. The van der Waals surface area contributed by atoms with Gasteiger partial charge in [0.15, 0.2) is 0 Å². The van der Waals surface area contributed by atoms with Crippen molar-refractivity contribution in [1.82, 2.24) is 4.90 Å². The first kappa shape index (κ1) is 16.2. The number of hydrogen-bond donors (Lipinski definition) is 3. The molecule has 1 unspecified atom stereocenters. The van der Waals surface area contributed by atoms with Gasteiger partial charge in [0.25, 0.3) is 0 Å². The molecule has 0 aromatic rings. The van der Waals surface area contributed by atoms with Crippen molar-refractivity contribution < 1.29 is 10.3 Å². The van der Waals surface area contributed by atoms with Crippen LogP contribution in [-0.4, -0.2) is 47.3 Å². The normalized spacial score (nSPS) is 22.1. The van der Waals surface area contributed by atoms with Crippen molar-refractivity contribution in [3.8, 4) is 0 Å². The van der Waals surface area contributed by atoms with E-state index in [9.17, 15) is 0 Å². The average Bonchev–Trinajstić information content (AvgIpc) is 2.82. The van der Waals surface area contributed by atoms with Crippen molar-refractivity contribution in [1.29, 1.82) is 0 Å². The summed E-state index contributed by atoms with van der Waals surface area (Å²) in [5.41, 5.74) is 5.45. The monoisotopic (exact) mass is 271 g/mol. The van der Waals surface area contributed by atoms with E-state index in [-0.39, 0.29) is 5.41 Å². The highest BCUT2D eigenvalue weighted by atomic mass is 16.4. The highest BCUT2D eigenvalue weighted by molar-refractivity contribution is 5.85. The van der Waals surface area contributed by atoms with Crippen molar-refractivity contribution in [3.63, 3.8) is 0 Å². The summed E-state index contributed by atoms with van der Waals surface area (Å²) in [6, 6.07) is 0. The number of aliphatic hydroxyl groups excluding tert-OH is 1. The molecule has 5 heteroatoms. The number of amidine groups is 1. The standard InChI is InChI=1S/C14H29N3O2/c1-14(2,13(15)16-19)7-3-4-8-17-9-5-12(11-17)6-10-18/h12,18-19H,3-11H2,1-2H3,(H2,15,16). The van der Waals surface area contributed by atoms with Gasteiger partial charge in [0.2, 0.25) is 0 Å². The first-order valence-electron chi connectivity index (χ1n) is 7.31. The molecule has 1 aliphatic rings. The number of nitrogens with two attached hydrogens (primary N) is 1. The van der Waals surface area contributed by atoms with Crippen molar-refractivity contribution >= 4 is 5.84 Å². The average molecular weight is 271 g/mol. The number of rotatable bonds is 8. The van der Waals surface area contributed by atoms with Crippen LogP contribution in [0.15, 0.2) is 5.16 Å². The van der Waals surface area contributed by atoms with Crippen LogP contribution in [0.5, 0.6) is 0 Å². The van der Waals surface area contributed by atoms with Crippen molar-refractivity contribution in [2.24, 2.45) is 22.2 Å². The fourth-order valence-corrected chi connectivity index (χ4v) is 2.70. The number of hydrogen-bond acceptors (Lipinski definition) is 4. The molecule has 5 nitrogen and oxygen atoms in total. The first-order valence-corrected chi connectivity index (χ1v) is 7.31. The molecule has 1 rings (SSSR count). The summed E-state index contributed by atoms with van der Waals surface area (Å²) in [6.45, 7) is 7.74. The second-order valence-electron chi connectivity index (χ2n) is 6.29. The lowest BCUT2D eigenvalue weighted by molar-refractivity contribution is 0.249. The summed E-state index contributed by atoms with van der Waals surface area (Å²) in [5, 5.41) is 20.8. The van der Waals surface area contributed by atoms with E-state index in [4.69, 9.17) is 16.0 Å². The van der Waals surface area contributed by atoms with E-state index in [1.165, 1.54) is 6.42 Å². The summed E-state index contributed by atoms with van der Waals surface area (Å²) in [6.07, 6.45) is 5.33. The van der Waals surface area contributed by atoms with Gasteiger partial charge in [0, 0.05) is 18.6 Å². The lowest BCUT2D eigenvalue weighted by Crippen LogP contribution is -2.32. The molecular formula is C14H29N3O2. The minimum Gasteiger partial charge on any atom is -0.409 e. The first-order chi connectivity index (χ1) is 8.99. The smallest absolute Gasteiger partial charge is 0.144 e. The summed E-state index contributed by atoms with van der Waals surface area (Å²) in [4.78, 5) is 2.48. The summed E-state index contributed by atoms with van der Waals surface area (Å²) in [5.74, 6) is 0.996. The van der Waals surface area contributed by atoms with E-state index < -0.39 is 0 Å². The Morgan fingerprint density at radius 2 is 2.16 bits per heavy atom. The highest BCUT2D eigenvalue weighted by Gasteiger charge is 2.24. The van der Waals surface area contributed by atoms with Gasteiger partial charge in [-0.05, 0) is 44.7 Å². The number of nitrogens with zero attached hydrogens (tertiary/aromatic N) is 2. The van der Waals surface area contributed by atoms with Crippen LogP contribution in [0.1, 0.15) is 46.0 Å². The predicted octanol–water partition coefficient (Wildman–Crippen LogP) is 1.63. The zero-order valence-electron chi connectivity index (χ0n) is 12.3. The van der Waals surface area contributed by atoms with E-state index >= 15 is 0 Å². The predicted molar refractivity (Wildman–Crippen MR) is 77.3 cm³/mol. The molecule has 112 valence electrons. The van der Waals surface area contributed by atoms with E-state index in [0.717, 1.165) is 45.3 Å². The zero-order chi connectivity index (χ0) is 14.3. The summed E-state index contributed by atoms with van der Waals surface area (Å²) < 4.78 is 0. The SMILES string of the molecule is CC(C)(CCCCN1CCC(CCO)C1)C(N)=NO. The van der Waals surface area contributed by atoms with E-state index in [1.807, 2.05) is 13.8 Å². The Morgan fingerprint density at radius 1 is 1.42 bits per heavy atom. The van der Waals surface area contributed by atoms with E-state index in [0.29, 0.717) is 18.4 Å². The van der Waals surface area contributed by atoms with Crippen LogP contribution in [-0.2, 0) is 0 Å². The van der Waals surface area contributed by atoms with Crippen LogP contribution in [0.25, 0.3) is 0 Å². The van der Waals surface area contributed by atoms with Gasteiger partial charge in [-0.15, -0.1) is 0 Å². The van der Waals surface area contributed by atoms with Crippen molar-refractivity contribution in [2.45, 2.75) is 46.0 Å². The Bertz CT molecular complexity index is 292. The minimum atomic E-state index is -0.223. The molecule has 1 heterocycles. The van der Waals surface area contributed by atoms with Crippen molar-refractivity contribution in [3.05, 3.63) is 0 Å². The lowest BCUT2D eigenvalue weighted by atomic mass is 9.86. The molecule has 0 spiro atoms. The molecule has 0 aliphatic carbocycles. The maximum atomic E-state index is 8.93. The highest BCUT2D eigenvalue weighted by Crippen LogP contribution is 2.24. The second-order valence-corrected chi connectivity index (χ2v) is 6.29. The van der Waals surface area contributed by atoms with E-state index in [2.05, 4.69) is 10.1 Å². The largest absolute Gasteiger partial charge is 0.409 e. The molecular weight excluding hydrogens is 242 g/mol. The fourth-order valence-electron chi connectivity index (χ4n) is 2.70. The Balaban J connectivity index is 2.15. The van der Waals surface area contributed by atoms with Gasteiger partial charge in [0.05, 0.1) is 0 Å². The molecule has 1 atom stereocenters. The lowest BCUT2D eigenvalue weighted by Gasteiger charge is -2.23. The molecule has 0 saturated carbocycles. The Kier molecular flexibility index (Phi) is 6.58. The fraction of sp³-hybridized carbons (Fsp3) is 0.929. The van der Waals surface area contributed by atoms with Gasteiger partial charge in [-0.25, -0.2) is 0 Å². The molecule has 0 amide bonds. The maximum Gasteiger partial charge on any atom is 0.144 e. The van der Waals surface area contributed by atoms with Gasteiger partial charge in [-0.2, -0.15) is 0 Å². The quantitative estimate of drug-likeness (QED) is 0.206. The molecule has 0 bridgehead atoms. The van der Waals surface area contributed by atoms with Crippen LogP contribution in [0.3, 0.4) is 0 Å². The van der Waals surface area contributed by atoms with Crippen LogP contribution >= 0.6 is 0 Å². The number of unbranched alkanes of at least 4 members (excludes halogenated alkanes) is 1. The molecule has 1 aliphatic heterocycles. The van der Waals surface area contributed by atoms with Gasteiger partial charge in [0.1, 0.15) is 5.84 Å². The third kappa shape index (κ3) is 5.37. The van der Waals surface area contributed by atoms with Crippen molar-refractivity contribution in [2.75, 3.05) is 26.2 Å². The van der Waals surface area contributed by atoms with Gasteiger partial charge in [-0.1, -0.05) is 25.4 Å². The Hall–Kier alpha value is -0.810. The summed E-state index contributed by atoms with van der Waals surface area (Å²) >= 11 is 0. The zero-order valence-corrected chi connectivity index (χ0v) is 12.3. The van der Waals surface area contributed by atoms with Crippen LogP contribution < -0.4 is 5.73 Å². The molecule has 4 N–H and O–H groups in total. The van der Waals surface area contributed by atoms with Crippen LogP contribution in [0.2, 0.25) is 0 Å². The molecule has 1 fully saturated rings. The summed E-state index contributed by atoms with van der Waals surface area (Å²) in [7, 11) is 0. The van der Waals surface area contributed by atoms with Crippen LogP contribution in [0.4, 0.5) is 0 Å². The topological polar surface area (TPSA) is 82.1 Å². The van der Waals surface area contributed by atoms with Gasteiger partial charge in [-0.3, -0.25) is 0 Å². The number of likely N-dealkylation sites (tertiary alicyclic amines) is 1. The molecule has 0 radical (unpaired) electrons. The van der Waals surface area contributed by atoms with Gasteiger partial charge < -0.3 is 20.9 Å². The Labute approximate surface area is 116 Å².